The second kappa shape index (κ2) is 3.48. The van der Waals surface area contributed by atoms with Gasteiger partial charge in [-0.1, -0.05) is 24.3 Å². The van der Waals surface area contributed by atoms with Gasteiger partial charge in [-0.25, -0.2) is 13.2 Å². The number of carbonyl (C=O) groups is 1. The molecule has 1 aliphatic heterocycles. The van der Waals surface area contributed by atoms with Crippen molar-refractivity contribution in [1.82, 2.24) is 4.90 Å². The van der Waals surface area contributed by atoms with Gasteiger partial charge in [-0.2, -0.15) is 0 Å². The minimum absolute atomic E-state index is 0.128. The first-order chi connectivity index (χ1) is 7.41. The normalized spacial score (nSPS) is 19.6. The maximum absolute atomic E-state index is 11.6. The number of rotatable bonds is 1. The number of sulfone groups is 1. The monoisotopic (exact) mass is 241 g/mol. The van der Waals surface area contributed by atoms with Crippen molar-refractivity contribution in [2.24, 2.45) is 0 Å². The maximum atomic E-state index is 11.6. The molecule has 0 aliphatic carbocycles. The molecule has 0 fully saturated rings. The van der Waals surface area contributed by atoms with E-state index >= 15 is 0 Å². The van der Waals surface area contributed by atoms with E-state index in [1.54, 1.807) is 24.3 Å². The Hall–Kier alpha value is -1.56. The van der Waals surface area contributed by atoms with Crippen LogP contribution in [0.15, 0.2) is 24.3 Å². The van der Waals surface area contributed by atoms with Gasteiger partial charge in [0.05, 0.1) is 6.54 Å². The highest BCUT2D eigenvalue weighted by atomic mass is 32.2. The third kappa shape index (κ3) is 1.65. The molecule has 0 radical (unpaired) electrons. The van der Waals surface area contributed by atoms with Crippen LogP contribution >= 0.6 is 0 Å². The van der Waals surface area contributed by atoms with Crippen LogP contribution in [0.3, 0.4) is 0 Å². The van der Waals surface area contributed by atoms with Crippen LogP contribution in [-0.2, 0) is 16.4 Å². The lowest BCUT2D eigenvalue weighted by molar-refractivity contribution is 0.142. The summed E-state index contributed by atoms with van der Waals surface area (Å²) in [6.45, 7) is 0.128. The molecule has 0 bridgehead atoms. The van der Waals surface area contributed by atoms with Crippen molar-refractivity contribution < 1.29 is 18.3 Å². The smallest absolute Gasteiger partial charge is 0.408 e. The molecule has 0 aromatic heterocycles. The molecular formula is C10H11NO4S. The second-order valence-corrected chi connectivity index (χ2v) is 5.90. The fourth-order valence-electron chi connectivity index (χ4n) is 1.98. The zero-order valence-corrected chi connectivity index (χ0v) is 9.44. The Labute approximate surface area is 93.2 Å². The summed E-state index contributed by atoms with van der Waals surface area (Å²) in [5.41, 5.74) is 1.31. The van der Waals surface area contributed by atoms with Gasteiger partial charge < -0.3 is 5.11 Å². The average Bonchev–Trinajstić information content (AvgIpc) is 2.55. The molecule has 86 valence electrons. The summed E-state index contributed by atoms with van der Waals surface area (Å²) in [4.78, 5) is 11.9. The average molecular weight is 241 g/mol. The molecule has 1 unspecified atom stereocenters. The predicted octanol–water partition coefficient (Wildman–Crippen LogP) is 1.22. The molecular weight excluding hydrogens is 230 g/mol. The van der Waals surface area contributed by atoms with Gasteiger partial charge in [-0.15, -0.1) is 0 Å². The van der Waals surface area contributed by atoms with Gasteiger partial charge in [-0.3, -0.25) is 4.90 Å². The second-order valence-electron chi connectivity index (χ2n) is 3.79. The summed E-state index contributed by atoms with van der Waals surface area (Å²) in [6, 6.07) is 6.88. The van der Waals surface area contributed by atoms with E-state index in [9.17, 15) is 13.2 Å². The Bertz CT molecular complexity index is 538. The molecule has 0 saturated carbocycles. The van der Waals surface area contributed by atoms with Crippen molar-refractivity contribution in [3.63, 3.8) is 0 Å². The number of carboxylic acid groups (broad SMARTS) is 1. The van der Waals surface area contributed by atoms with E-state index in [1.165, 1.54) is 0 Å². The predicted molar refractivity (Wildman–Crippen MR) is 57.6 cm³/mol. The van der Waals surface area contributed by atoms with Gasteiger partial charge in [-0.05, 0) is 11.1 Å². The molecule has 0 spiro atoms. The van der Waals surface area contributed by atoms with E-state index in [0.717, 1.165) is 16.7 Å². The number of amides is 1. The van der Waals surface area contributed by atoms with E-state index in [2.05, 4.69) is 0 Å². The Kier molecular flexibility index (Phi) is 2.38. The van der Waals surface area contributed by atoms with Crippen molar-refractivity contribution in [2.75, 3.05) is 6.26 Å². The molecule has 1 amide bonds. The van der Waals surface area contributed by atoms with Crippen molar-refractivity contribution in [2.45, 2.75) is 11.9 Å². The van der Waals surface area contributed by atoms with Crippen LogP contribution < -0.4 is 0 Å². The third-order valence-corrected chi connectivity index (χ3v) is 3.92. The van der Waals surface area contributed by atoms with E-state index in [0.29, 0.717) is 5.56 Å². The topological polar surface area (TPSA) is 74.7 Å². The Morgan fingerprint density at radius 3 is 2.62 bits per heavy atom. The zero-order chi connectivity index (χ0) is 11.9. The van der Waals surface area contributed by atoms with Gasteiger partial charge in [0.25, 0.3) is 0 Å². The van der Waals surface area contributed by atoms with E-state index in [-0.39, 0.29) is 6.54 Å². The van der Waals surface area contributed by atoms with Gasteiger partial charge >= 0.3 is 6.09 Å². The SMILES string of the molecule is CS(=O)(=O)C1c2ccccc2CN1C(=O)O. The fraction of sp³-hybridized carbons (Fsp3) is 0.300. The van der Waals surface area contributed by atoms with Crippen LogP contribution in [0.1, 0.15) is 16.5 Å². The quantitative estimate of drug-likeness (QED) is 0.802. The van der Waals surface area contributed by atoms with Crippen molar-refractivity contribution in [3.05, 3.63) is 35.4 Å². The summed E-state index contributed by atoms with van der Waals surface area (Å²) < 4.78 is 23.2. The molecule has 16 heavy (non-hydrogen) atoms. The standard InChI is InChI=1S/C10H11NO4S/c1-16(14,15)9-8-5-3-2-4-7(8)6-11(9)10(12)13/h2-5,9H,6H2,1H3,(H,12,13). The Balaban J connectivity index is 2.57. The molecule has 1 aromatic rings. The van der Waals surface area contributed by atoms with Gasteiger partial charge in [0.2, 0.25) is 0 Å². The third-order valence-electron chi connectivity index (χ3n) is 2.60. The van der Waals surface area contributed by atoms with Gasteiger partial charge in [0.1, 0.15) is 0 Å². The largest absolute Gasteiger partial charge is 0.465 e. The summed E-state index contributed by atoms with van der Waals surface area (Å²) >= 11 is 0. The van der Waals surface area contributed by atoms with Crippen molar-refractivity contribution >= 4 is 15.9 Å². The molecule has 1 heterocycles. The first-order valence-corrected chi connectivity index (χ1v) is 6.63. The number of hydrogen-bond donors (Lipinski definition) is 1. The first kappa shape index (κ1) is 10.9. The van der Waals surface area contributed by atoms with Gasteiger partial charge in [0.15, 0.2) is 15.2 Å². The highest BCUT2D eigenvalue weighted by Gasteiger charge is 2.39. The maximum Gasteiger partial charge on any atom is 0.408 e. The Morgan fingerprint density at radius 1 is 1.44 bits per heavy atom. The molecule has 1 N–H and O–H groups in total. The number of hydrogen-bond acceptors (Lipinski definition) is 3. The molecule has 5 nitrogen and oxygen atoms in total. The fourth-order valence-corrected chi connectivity index (χ4v) is 3.30. The molecule has 1 atom stereocenters. The highest BCUT2D eigenvalue weighted by Crippen LogP contribution is 2.36. The van der Waals surface area contributed by atoms with Gasteiger partial charge in [0, 0.05) is 6.26 Å². The minimum Gasteiger partial charge on any atom is -0.465 e. The first-order valence-electron chi connectivity index (χ1n) is 4.67. The van der Waals surface area contributed by atoms with Crippen LogP contribution in [0.25, 0.3) is 0 Å². The summed E-state index contributed by atoms with van der Waals surface area (Å²) in [6.07, 6.45) is -0.165. The van der Waals surface area contributed by atoms with Crippen LogP contribution in [-0.4, -0.2) is 30.8 Å². The molecule has 1 aromatic carbocycles. The number of fused-ring (bicyclic) bond motifs is 1. The summed E-state index contributed by atoms with van der Waals surface area (Å²) in [7, 11) is -3.47. The number of benzene rings is 1. The Morgan fingerprint density at radius 2 is 2.06 bits per heavy atom. The van der Waals surface area contributed by atoms with Crippen molar-refractivity contribution in [1.29, 1.82) is 0 Å². The number of nitrogens with zero attached hydrogens (tertiary/aromatic N) is 1. The van der Waals surface area contributed by atoms with E-state index < -0.39 is 21.3 Å². The molecule has 1 aliphatic rings. The van der Waals surface area contributed by atoms with Crippen LogP contribution in [0.4, 0.5) is 4.79 Å². The minimum atomic E-state index is -3.47. The van der Waals surface area contributed by atoms with Crippen LogP contribution in [0, 0.1) is 0 Å². The van der Waals surface area contributed by atoms with Crippen LogP contribution in [0.5, 0.6) is 0 Å². The summed E-state index contributed by atoms with van der Waals surface area (Å²) in [5.74, 6) is 0. The molecule has 2 rings (SSSR count). The van der Waals surface area contributed by atoms with E-state index in [1.807, 2.05) is 0 Å². The summed E-state index contributed by atoms with van der Waals surface area (Å²) in [5, 5.41) is 7.91. The van der Waals surface area contributed by atoms with E-state index in [4.69, 9.17) is 5.11 Å². The van der Waals surface area contributed by atoms with Crippen molar-refractivity contribution in [3.8, 4) is 0 Å². The lowest BCUT2D eigenvalue weighted by Gasteiger charge is -2.20. The zero-order valence-electron chi connectivity index (χ0n) is 8.62. The lowest BCUT2D eigenvalue weighted by Crippen LogP contribution is -2.32. The lowest BCUT2D eigenvalue weighted by atomic mass is 10.1. The molecule has 0 saturated heterocycles. The van der Waals surface area contributed by atoms with Crippen LogP contribution in [0.2, 0.25) is 0 Å². The highest BCUT2D eigenvalue weighted by molar-refractivity contribution is 7.90. The molecule has 6 heteroatoms.